The highest BCUT2D eigenvalue weighted by molar-refractivity contribution is 14.1. The molecule has 0 bridgehead atoms. The van der Waals surface area contributed by atoms with Crippen molar-refractivity contribution in [3.05, 3.63) is 55.5 Å². The van der Waals surface area contributed by atoms with Crippen molar-refractivity contribution >= 4 is 22.6 Å². The predicted octanol–water partition coefficient (Wildman–Crippen LogP) is 1.91. The van der Waals surface area contributed by atoms with Gasteiger partial charge in [0.15, 0.2) is 0 Å². The Morgan fingerprint density at radius 2 is 2.12 bits per heavy atom. The SMILES string of the molecule is Cc1cccc(Cn2cnc(C)c(I)c2=O)n1. The van der Waals surface area contributed by atoms with Crippen molar-refractivity contribution in [1.82, 2.24) is 14.5 Å². The number of pyridine rings is 1. The zero-order chi connectivity index (χ0) is 12.4. The molecule has 0 fully saturated rings. The monoisotopic (exact) mass is 341 g/mol. The third-order valence-electron chi connectivity index (χ3n) is 2.44. The Bertz CT molecular complexity index is 607. The summed E-state index contributed by atoms with van der Waals surface area (Å²) in [4.78, 5) is 20.5. The molecular weight excluding hydrogens is 329 g/mol. The van der Waals surface area contributed by atoms with Crippen molar-refractivity contribution in [2.24, 2.45) is 0 Å². The number of aromatic nitrogens is 3. The molecule has 0 amide bonds. The summed E-state index contributed by atoms with van der Waals surface area (Å²) in [5.74, 6) is 0. The van der Waals surface area contributed by atoms with E-state index in [4.69, 9.17) is 0 Å². The molecule has 0 aliphatic rings. The van der Waals surface area contributed by atoms with Crippen molar-refractivity contribution in [1.29, 1.82) is 0 Å². The topological polar surface area (TPSA) is 47.8 Å². The molecule has 2 aromatic rings. The van der Waals surface area contributed by atoms with E-state index in [2.05, 4.69) is 9.97 Å². The molecule has 0 saturated carbocycles. The van der Waals surface area contributed by atoms with Gasteiger partial charge in [0.25, 0.3) is 5.56 Å². The molecular formula is C12H12IN3O. The molecule has 4 nitrogen and oxygen atoms in total. The highest BCUT2D eigenvalue weighted by Gasteiger charge is 2.06. The summed E-state index contributed by atoms with van der Waals surface area (Å²) in [5.41, 5.74) is 2.57. The van der Waals surface area contributed by atoms with Gasteiger partial charge >= 0.3 is 0 Å². The number of halogens is 1. The van der Waals surface area contributed by atoms with Crippen LogP contribution in [0.4, 0.5) is 0 Å². The van der Waals surface area contributed by atoms with E-state index >= 15 is 0 Å². The zero-order valence-corrected chi connectivity index (χ0v) is 11.8. The first-order chi connectivity index (χ1) is 8.08. The van der Waals surface area contributed by atoms with Crippen LogP contribution in [0.2, 0.25) is 0 Å². The molecule has 0 aliphatic heterocycles. The first-order valence-corrected chi connectivity index (χ1v) is 6.30. The van der Waals surface area contributed by atoms with E-state index < -0.39 is 0 Å². The minimum Gasteiger partial charge on any atom is -0.292 e. The molecule has 0 atom stereocenters. The number of hydrogen-bond donors (Lipinski definition) is 0. The Kier molecular flexibility index (Phi) is 3.56. The number of nitrogens with zero attached hydrogens (tertiary/aromatic N) is 3. The van der Waals surface area contributed by atoms with Gasteiger partial charge in [0.2, 0.25) is 0 Å². The van der Waals surface area contributed by atoms with Gasteiger partial charge in [-0.1, -0.05) is 6.07 Å². The molecule has 5 heteroatoms. The molecule has 2 aromatic heterocycles. The zero-order valence-electron chi connectivity index (χ0n) is 9.64. The normalized spacial score (nSPS) is 10.5. The first kappa shape index (κ1) is 12.2. The van der Waals surface area contributed by atoms with Crippen LogP contribution < -0.4 is 5.56 Å². The Labute approximate surface area is 113 Å². The van der Waals surface area contributed by atoms with E-state index in [1.165, 1.54) is 0 Å². The van der Waals surface area contributed by atoms with Crippen molar-refractivity contribution in [2.45, 2.75) is 20.4 Å². The van der Waals surface area contributed by atoms with Crippen LogP contribution in [0, 0.1) is 17.4 Å². The number of aryl methyl sites for hydroxylation is 2. The molecule has 17 heavy (non-hydrogen) atoms. The van der Waals surface area contributed by atoms with Gasteiger partial charge in [0.1, 0.15) is 0 Å². The summed E-state index contributed by atoms with van der Waals surface area (Å²) in [6.07, 6.45) is 1.57. The largest absolute Gasteiger partial charge is 0.292 e. The summed E-state index contributed by atoms with van der Waals surface area (Å²) >= 11 is 2.03. The summed E-state index contributed by atoms with van der Waals surface area (Å²) in [6.45, 7) is 4.23. The van der Waals surface area contributed by atoms with Crippen molar-refractivity contribution in [3.63, 3.8) is 0 Å². The average molecular weight is 341 g/mol. The van der Waals surface area contributed by atoms with Crippen LogP contribution in [0.3, 0.4) is 0 Å². The fraction of sp³-hybridized carbons (Fsp3) is 0.250. The average Bonchev–Trinajstić information content (AvgIpc) is 2.30. The minimum atomic E-state index is -0.0126. The summed E-state index contributed by atoms with van der Waals surface area (Å²) in [7, 11) is 0. The lowest BCUT2D eigenvalue weighted by atomic mass is 10.3. The van der Waals surface area contributed by atoms with Gasteiger partial charge in [-0.15, -0.1) is 0 Å². The third-order valence-corrected chi connectivity index (χ3v) is 3.68. The van der Waals surface area contributed by atoms with E-state index in [1.807, 2.05) is 54.6 Å². The van der Waals surface area contributed by atoms with Gasteiger partial charge in [-0.05, 0) is 48.6 Å². The van der Waals surface area contributed by atoms with Gasteiger partial charge in [-0.25, -0.2) is 4.98 Å². The maximum Gasteiger partial charge on any atom is 0.267 e. The quantitative estimate of drug-likeness (QED) is 0.784. The second-order valence-electron chi connectivity index (χ2n) is 3.85. The summed E-state index contributed by atoms with van der Waals surface area (Å²) in [6, 6.07) is 5.78. The Morgan fingerprint density at radius 3 is 2.82 bits per heavy atom. The predicted molar refractivity (Wildman–Crippen MR) is 74.0 cm³/mol. The third kappa shape index (κ3) is 2.71. The lowest BCUT2D eigenvalue weighted by molar-refractivity contribution is 0.706. The minimum absolute atomic E-state index is 0.0126. The van der Waals surface area contributed by atoms with Gasteiger partial charge in [-0.2, -0.15) is 0 Å². The van der Waals surface area contributed by atoms with E-state index in [0.29, 0.717) is 10.1 Å². The Balaban J connectivity index is 2.37. The maximum atomic E-state index is 12.0. The highest BCUT2D eigenvalue weighted by atomic mass is 127. The molecule has 0 saturated heterocycles. The molecule has 0 N–H and O–H groups in total. The van der Waals surface area contributed by atoms with Crippen molar-refractivity contribution < 1.29 is 0 Å². The maximum absolute atomic E-state index is 12.0. The molecule has 0 unspecified atom stereocenters. The molecule has 0 aliphatic carbocycles. The lowest BCUT2D eigenvalue weighted by Crippen LogP contribution is -2.24. The second kappa shape index (κ2) is 4.95. The van der Waals surface area contributed by atoms with Crippen LogP contribution in [0.15, 0.2) is 29.3 Å². The van der Waals surface area contributed by atoms with Crippen molar-refractivity contribution in [2.75, 3.05) is 0 Å². The lowest BCUT2D eigenvalue weighted by Gasteiger charge is -2.06. The van der Waals surface area contributed by atoms with Gasteiger partial charge in [0.05, 0.1) is 27.8 Å². The van der Waals surface area contributed by atoms with Crippen LogP contribution in [-0.2, 0) is 6.54 Å². The molecule has 2 rings (SSSR count). The standard InChI is InChI=1S/C12H12IN3O/c1-8-4-3-5-10(15-8)6-16-7-14-9(2)11(13)12(16)17/h3-5,7H,6H2,1-2H3. The molecule has 88 valence electrons. The van der Waals surface area contributed by atoms with E-state index in [9.17, 15) is 4.79 Å². The molecule has 2 heterocycles. The smallest absolute Gasteiger partial charge is 0.267 e. The molecule has 0 spiro atoms. The Hall–Kier alpha value is -1.24. The number of rotatable bonds is 2. The second-order valence-corrected chi connectivity index (χ2v) is 4.93. The first-order valence-electron chi connectivity index (χ1n) is 5.22. The van der Waals surface area contributed by atoms with Gasteiger partial charge in [0, 0.05) is 5.69 Å². The van der Waals surface area contributed by atoms with E-state index in [1.54, 1.807) is 10.9 Å². The van der Waals surface area contributed by atoms with Crippen molar-refractivity contribution in [3.8, 4) is 0 Å². The van der Waals surface area contributed by atoms with Crippen LogP contribution in [0.25, 0.3) is 0 Å². The van der Waals surface area contributed by atoms with Crippen LogP contribution in [0.1, 0.15) is 17.1 Å². The molecule has 0 radical (unpaired) electrons. The Morgan fingerprint density at radius 1 is 1.35 bits per heavy atom. The van der Waals surface area contributed by atoms with Gasteiger partial charge in [-0.3, -0.25) is 14.3 Å². The fourth-order valence-electron chi connectivity index (χ4n) is 1.52. The summed E-state index contributed by atoms with van der Waals surface area (Å²) in [5, 5.41) is 0. The highest BCUT2D eigenvalue weighted by Crippen LogP contribution is 2.03. The van der Waals surface area contributed by atoms with Gasteiger partial charge < -0.3 is 0 Å². The number of hydrogen-bond acceptors (Lipinski definition) is 3. The fourth-order valence-corrected chi connectivity index (χ4v) is 1.97. The van der Waals surface area contributed by atoms with Crippen LogP contribution >= 0.6 is 22.6 Å². The summed E-state index contributed by atoms with van der Waals surface area (Å²) < 4.78 is 2.24. The van der Waals surface area contributed by atoms with E-state index in [-0.39, 0.29) is 5.56 Å². The van der Waals surface area contributed by atoms with Crippen LogP contribution in [0.5, 0.6) is 0 Å². The van der Waals surface area contributed by atoms with Crippen LogP contribution in [-0.4, -0.2) is 14.5 Å². The molecule has 0 aromatic carbocycles. The van der Waals surface area contributed by atoms with E-state index in [0.717, 1.165) is 17.1 Å².